The van der Waals surface area contributed by atoms with Crippen LogP contribution in [0.3, 0.4) is 0 Å². The first-order valence-corrected chi connectivity index (χ1v) is 11.3. The van der Waals surface area contributed by atoms with Crippen LogP contribution in [0.15, 0.2) is 46.0 Å². The van der Waals surface area contributed by atoms with E-state index in [1.54, 1.807) is 19.2 Å². The molecule has 1 saturated heterocycles. The van der Waals surface area contributed by atoms with E-state index in [0.717, 1.165) is 10.9 Å². The van der Waals surface area contributed by atoms with Crippen LogP contribution in [-0.4, -0.2) is 54.5 Å². The number of benzene rings is 1. The smallest absolute Gasteiger partial charge is 0.374 e. The number of aromatic nitrogens is 2. The lowest BCUT2D eigenvalue weighted by Gasteiger charge is -2.29. The van der Waals surface area contributed by atoms with E-state index in [1.165, 1.54) is 16.4 Å². The molecule has 3 aromatic rings. The lowest BCUT2D eigenvalue weighted by atomic mass is 9.97. The van der Waals surface area contributed by atoms with Crippen molar-refractivity contribution in [3.05, 3.63) is 42.3 Å². The van der Waals surface area contributed by atoms with Crippen LogP contribution in [0.4, 0.5) is 5.69 Å². The summed E-state index contributed by atoms with van der Waals surface area (Å²) in [5.74, 6) is -1.34. The molecule has 31 heavy (non-hydrogen) atoms. The van der Waals surface area contributed by atoms with E-state index in [-0.39, 0.29) is 42.4 Å². The number of fused-ring (bicyclic) bond motifs is 1. The fourth-order valence-electron chi connectivity index (χ4n) is 3.52. The second-order valence-electron chi connectivity index (χ2n) is 7.18. The fourth-order valence-corrected chi connectivity index (χ4v) is 4.90. The Balaban J connectivity index is 1.37. The van der Waals surface area contributed by atoms with E-state index in [1.807, 2.05) is 12.1 Å². The average molecular weight is 446 g/mol. The first-order chi connectivity index (χ1) is 14.9. The van der Waals surface area contributed by atoms with Gasteiger partial charge in [-0.2, -0.15) is 9.40 Å². The number of ether oxygens (including phenoxy) is 1. The minimum absolute atomic E-state index is 0.150. The number of carbonyl (C=O) groups excluding carboxylic acids is 2. The number of amides is 1. The van der Waals surface area contributed by atoms with Gasteiger partial charge in [-0.15, -0.1) is 0 Å². The van der Waals surface area contributed by atoms with Gasteiger partial charge in [-0.05, 0) is 50.1 Å². The second kappa shape index (κ2) is 8.52. The molecule has 0 radical (unpaired) electrons. The minimum atomic E-state index is -3.90. The molecule has 2 N–H and O–H groups in total. The van der Waals surface area contributed by atoms with Crippen molar-refractivity contribution in [2.75, 3.05) is 25.0 Å². The number of hydrogen-bond donors (Lipinski definition) is 2. The Morgan fingerprint density at radius 1 is 1.26 bits per heavy atom. The van der Waals surface area contributed by atoms with Gasteiger partial charge in [-0.25, -0.2) is 13.2 Å². The molecule has 1 aromatic carbocycles. The van der Waals surface area contributed by atoms with E-state index in [9.17, 15) is 18.0 Å². The maximum Gasteiger partial charge on any atom is 0.374 e. The molecule has 1 aliphatic rings. The van der Waals surface area contributed by atoms with Gasteiger partial charge in [0.25, 0.3) is 10.0 Å². The minimum Gasteiger partial charge on any atom is -0.460 e. The summed E-state index contributed by atoms with van der Waals surface area (Å²) in [6.07, 6.45) is 2.44. The lowest BCUT2D eigenvalue weighted by Crippen LogP contribution is -2.41. The molecule has 1 aliphatic heterocycles. The van der Waals surface area contributed by atoms with Crippen LogP contribution in [0, 0.1) is 5.92 Å². The molecule has 0 spiro atoms. The Hall–Kier alpha value is -3.18. The first kappa shape index (κ1) is 21.1. The predicted octanol–water partition coefficient (Wildman–Crippen LogP) is 2.37. The highest BCUT2D eigenvalue weighted by Crippen LogP contribution is 2.26. The van der Waals surface area contributed by atoms with Crippen molar-refractivity contribution >= 4 is 38.5 Å². The van der Waals surface area contributed by atoms with Gasteiger partial charge in [0.15, 0.2) is 0 Å². The van der Waals surface area contributed by atoms with E-state index in [2.05, 4.69) is 15.5 Å². The van der Waals surface area contributed by atoms with Gasteiger partial charge in [0, 0.05) is 30.1 Å². The Morgan fingerprint density at radius 3 is 2.77 bits per heavy atom. The van der Waals surface area contributed by atoms with E-state index >= 15 is 0 Å². The molecular formula is C20H22N4O6S. The van der Waals surface area contributed by atoms with Gasteiger partial charge >= 0.3 is 5.97 Å². The largest absolute Gasteiger partial charge is 0.460 e. The third-order valence-electron chi connectivity index (χ3n) is 5.18. The normalized spacial score (nSPS) is 15.8. The van der Waals surface area contributed by atoms with E-state index in [4.69, 9.17) is 9.15 Å². The van der Waals surface area contributed by atoms with Crippen molar-refractivity contribution in [2.24, 2.45) is 5.92 Å². The van der Waals surface area contributed by atoms with Crippen molar-refractivity contribution in [2.45, 2.75) is 24.9 Å². The number of esters is 1. The number of anilines is 1. The fraction of sp³-hybridized carbons (Fsp3) is 0.350. The highest BCUT2D eigenvalue weighted by molar-refractivity contribution is 7.89. The summed E-state index contributed by atoms with van der Waals surface area (Å²) in [4.78, 5) is 24.3. The monoisotopic (exact) mass is 446 g/mol. The maximum atomic E-state index is 12.8. The van der Waals surface area contributed by atoms with Crippen LogP contribution in [0.1, 0.15) is 30.3 Å². The third-order valence-corrected chi connectivity index (χ3v) is 6.96. The number of furan rings is 1. The number of nitrogens with one attached hydrogen (secondary N) is 2. The zero-order valence-electron chi connectivity index (χ0n) is 16.8. The standard InChI is InChI=1S/C20H22N4O6S/c1-2-29-20(26)17-5-6-18(30-17)31(27,28)24-9-7-13(8-10-24)19(25)22-15-3-4-16-14(11-15)12-21-23-16/h3-6,11-13H,2,7-10H2,1H3,(H,21,23)(H,22,25). The van der Waals surface area contributed by atoms with Gasteiger partial charge in [-0.1, -0.05) is 0 Å². The first-order valence-electron chi connectivity index (χ1n) is 9.89. The summed E-state index contributed by atoms with van der Waals surface area (Å²) >= 11 is 0. The van der Waals surface area contributed by atoms with Crippen molar-refractivity contribution < 1.29 is 27.2 Å². The van der Waals surface area contributed by atoms with Gasteiger partial charge in [0.1, 0.15) is 0 Å². The van der Waals surface area contributed by atoms with Crippen molar-refractivity contribution in [3.8, 4) is 0 Å². The van der Waals surface area contributed by atoms with Crippen LogP contribution in [0.5, 0.6) is 0 Å². The van der Waals surface area contributed by atoms with Gasteiger partial charge < -0.3 is 14.5 Å². The topological polar surface area (TPSA) is 135 Å². The Bertz CT molecular complexity index is 1210. The number of piperidine rings is 1. The predicted molar refractivity (Wildman–Crippen MR) is 111 cm³/mol. The highest BCUT2D eigenvalue weighted by Gasteiger charge is 2.34. The molecule has 0 saturated carbocycles. The van der Waals surface area contributed by atoms with E-state index in [0.29, 0.717) is 18.5 Å². The highest BCUT2D eigenvalue weighted by atomic mass is 32.2. The number of nitrogens with zero attached hydrogens (tertiary/aromatic N) is 2. The second-order valence-corrected chi connectivity index (χ2v) is 9.05. The number of H-pyrrole nitrogens is 1. The van der Waals surface area contributed by atoms with E-state index < -0.39 is 16.0 Å². The average Bonchev–Trinajstić information content (AvgIpc) is 3.44. The Morgan fingerprint density at radius 2 is 2.03 bits per heavy atom. The summed E-state index contributed by atoms with van der Waals surface area (Å²) in [7, 11) is -3.90. The molecule has 4 rings (SSSR count). The zero-order valence-corrected chi connectivity index (χ0v) is 17.6. The summed E-state index contributed by atoms with van der Waals surface area (Å²) < 4.78 is 36.9. The molecule has 0 aliphatic carbocycles. The van der Waals surface area contributed by atoms with Gasteiger partial charge in [0.2, 0.25) is 16.8 Å². The summed E-state index contributed by atoms with van der Waals surface area (Å²) in [6.45, 7) is 2.16. The number of aromatic amines is 1. The molecule has 3 heterocycles. The van der Waals surface area contributed by atoms with Crippen LogP contribution >= 0.6 is 0 Å². The molecule has 0 bridgehead atoms. The third kappa shape index (κ3) is 4.32. The molecule has 10 nitrogen and oxygen atoms in total. The van der Waals surface area contributed by atoms with Gasteiger partial charge in [0.05, 0.1) is 18.3 Å². The zero-order chi connectivity index (χ0) is 22.0. The van der Waals surface area contributed by atoms with Crippen molar-refractivity contribution in [1.82, 2.24) is 14.5 Å². The number of rotatable bonds is 6. The SMILES string of the molecule is CCOC(=O)c1ccc(S(=O)(=O)N2CCC(C(=O)Nc3ccc4[nH]ncc4c3)CC2)o1. The molecular weight excluding hydrogens is 424 g/mol. The van der Waals surface area contributed by atoms with Crippen LogP contribution in [-0.2, 0) is 19.6 Å². The Labute approximate surface area is 178 Å². The quantitative estimate of drug-likeness (QED) is 0.555. The van der Waals surface area contributed by atoms with Crippen LogP contribution in [0.2, 0.25) is 0 Å². The van der Waals surface area contributed by atoms with Gasteiger partial charge in [-0.3, -0.25) is 9.89 Å². The number of hydrogen-bond acceptors (Lipinski definition) is 7. The molecule has 1 amide bonds. The molecule has 0 unspecified atom stereocenters. The van der Waals surface area contributed by atoms with Crippen LogP contribution < -0.4 is 5.32 Å². The summed E-state index contributed by atoms with van der Waals surface area (Å²) in [5, 5.41) is 10.3. The van der Waals surface area contributed by atoms with Crippen LogP contribution in [0.25, 0.3) is 10.9 Å². The number of sulfonamides is 1. The Kier molecular flexibility index (Phi) is 5.79. The summed E-state index contributed by atoms with van der Waals surface area (Å²) in [5.41, 5.74) is 1.54. The molecule has 11 heteroatoms. The molecule has 164 valence electrons. The molecule has 1 fully saturated rings. The lowest BCUT2D eigenvalue weighted by molar-refractivity contribution is -0.120. The molecule has 0 atom stereocenters. The summed E-state index contributed by atoms with van der Waals surface area (Å²) in [6, 6.07) is 7.97. The van der Waals surface area contributed by atoms with Crippen molar-refractivity contribution in [1.29, 1.82) is 0 Å². The number of carbonyl (C=O) groups is 2. The maximum absolute atomic E-state index is 12.8. The van der Waals surface area contributed by atoms with Crippen molar-refractivity contribution in [3.63, 3.8) is 0 Å². The molecule has 2 aromatic heterocycles.